The van der Waals surface area contributed by atoms with Gasteiger partial charge in [-0.2, -0.15) is 0 Å². The molecule has 0 heterocycles. The lowest BCUT2D eigenvalue weighted by atomic mass is 10.2. The van der Waals surface area contributed by atoms with Gasteiger partial charge >= 0.3 is 19.6 Å². The van der Waals surface area contributed by atoms with Gasteiger partial charge in [-0.1, -0.05) is 12.1 Å². The van der Waals surface area contributed by atoms with Crippen LogP contribution in [0, 0.1) is 0 Å². The van der Waals surface area contributed by atoms with Crippen LogP contribution in [-0.2, 0) is 30.2 Å². The van der Waals surface area contributed by atoms with E-state index in [1.807, 2.05) is 0 Å². The molecule has 0 saturated heterocycles. The van der Waals surface area contributed by atoms with E-state index in [-0.39, 0.29) is 24.6 Å². The second kappa shape index (κ2) is 11.3. The Hall–Kier alpha value is -1.93. The second-order valence-corrected chi connectivity index (χ2v) is 8.92. The van der Waals surface area contributed by atoms with Crippen LogP contribution < -0.4 is 14.7 Å². The molecule has 0 spiro atoms. The maximum Gasteiger partial charge on any atom is 0.391 e. The van der Waals surface area contributed by atoms with E-state index < -0.39 is 31.7 Å². The molecule has 0 aromatic heterocycles. The molecule has 29 heavy (non-hydrogen) atoms. The molecule has 0 aliphatic heterocycles. The van der Waals surface area contributed by atoms with Crippen molar-refractivity contribution in [3.05, 3.63) is 29.8 Å². The lowest BCUT2D eigenvalue weighted by Gasteiger charge is -2.26. The Kier molecular flexibility index (Phi) is 9.79. The van der Waals surface area contributed by atoms with E-state index in [1.165, 1.54) is 26.0 Å². The first-order valence-electron chi connectivity index (χ1n) is 9.41. The van der Waals surface area contributed by atoms with Crippen molar-refractivity contribution in [2.45, 2.75) is 72.4 Å². The highest BCUT2D eigenvalue weighted by atomic mass is 31.2. The van der Waals surface area contributed by atoms with Crippen molar-refractivity contribution < 1.29 is 33.3 Å². The van der Waals surface area contributed by atoms with Gasteiger partial charge in [0.05, 0.1) is 18.8 Å². The quantitative estimate of drug-likeness (QED) is 0.359. The fraction of sp³-hybridized carbons (Fsp3) is 0.579. The van der Waals surface area contributed by atoms with E-state index in [4.69, 9.17) is 19.1 Å². The van der Waals surface area contributed by atoms with Crippen LogP contribution in [-0.4, -0.2) is 41.3 Å². The molecule has 0 bridgehead atoms. The molecule has 164 valence electrons. The number of carbonyl (C=O) groups is 2. The summed E-state index contributed by atoms with van der Waals surface area (Å²) in [4.78, 5) is 24.2. The minimum absolute atomic E-state index is 0.148. The number of aliphatic hydroxyl groups excluding tert-OH is 1. The third-order valence-electron chi connectivity index (χ3n) is 3.48. The Morgan fingerprint density at radius 1 is 0.897 bits per heavy atom. The zero-order valence-corrected chi connectivity index (χ0v) is 18.6. The molecule has 1 aromatic rings. The van der Waals surface area contributed by atoms with Gasteiger partial charge in [0.15, 0.2) is 0 Å². The second-order valence-electron chi connectivity index (χ2n) is 7.12. The molecule has 0 saturated carbocycles. The summed E-state index contributed by atoms with van der Waals surface area (Å²) in [5, 5.41) is 14.4. The van der Waals surface area contributed by atoms with Crippen molar-refractivity contribution in [3.63, 3.8) is 0 Å². The van der Waals surface area contributed by atoms with Gasteiger partial charge in [-0.15, -0.1) is 0 Å². The first-order chi connectivity index (χ1) is 13.5. The van der Waals surface area contributed by atoms with Crippen LogP contribution in [0.2, 0.25) is 0 Å². The third-order valence-corrected chi connectivity index (χ3v) is 5.40. The van der Waals surface area contributed by atoms with E-state index in [0.717, 1.165) is 0 Å². The van der Waals surface area contributed by atoms with Crippen LogP contribution >= 0.6 is 7.67 Å². The van der Waals surface area contributed by atoms with Crippen molar-refractivity contribution in [1.82, 2.24) is 10.2 Å². The SMILES string of the molecule is CC(C)OC(=O)C(C)NP(=O)(NC(C)C(=O)OC(C)C)Oc1ccc(CO)cc1. The van der Waals surface area contributed by atoms with E-state index in [9.17, 15) is 14.2 Å². The number of hydrogen-bond donors (Lipinski definition) is 3. The molecule has 0 aliphatic carbocycles. The van der Waals surface area contributed by atoms with Crippen molar-refractivity contribution >= 4 is 19.6 Å². The zero-order chi connectivity index (χ0) is 22.2. The molecule has 3 N–H and O–H groups in total. The first kappa shape index (κ1) is 25.1. The Bertz CT molecular complexity index is 688. The lowest BCUT2D eigenvalue weighted by Crippen LogP contribution is -2.43. The summed E-state index contributed by atoms with van der Waals surface area (Å²) < 4.78 is 29.3. The summed E-state index contributed by atoms with van der Waals surface area (Å²) in [6, 6.07) is 4.31. The highest BCUT2D eigenvalue weighted by Crippen LogP contribution is 2.40. The third kappa shape index (κ3) is 8.95. The predicted octanol–water partition coefficient (Wildman–Crippen LogP) is 2.53. The van der Waals surface area contributed by atoms with Crippen LogP contribution in [0.4, 0.5) is 0 Å². The van der Waals surface area contributed by atoms with Gasteiger partial charge in [-0.3, -0.25) is 9.59 Å². The summed E-state index contributed by atoms with van der Waals surface area (Å²) in [5.74, 6) is -1.00. The summed E-state index contributed by atoms with van der Waals surface area (Å²) in [7, 11) is -3.94. The van der Waals surface area contributed by atoms with Crippen LogP contribution in [0.1, 0.15) is 47.1 Å². The highest BCUT2D eigenvalue weighted by molar-refractivity contribution is 7.55. The topological polar surface area (TPSA) is 123 Å². The maximum absolute atomic E-state index is 13.4. The predicted molar refractivity (Wildman–Crippen MR) is 108 cm³/mol. The molecule has 1 rings (SSSR count). The normalized spacial score (nSPS) is 15.5. The summed E-state index contributed by atoms with van der Waals surface area (Å²) in [6.45, 7) is 9.61. The molecule has 0 aliphatic rings. The van der Waals surface area contributed by atoms with Crippen molar-refractivity contribution in [3.8, 4) is 5.75 Å². The maximum atomic E-state index is 13.4. The van der Waals surface area contributed by atoms with Gasteiger partial charge in [-0.25, -0.2) is 14.7 Å². The highest BCUT2D eigenvalue weighted by Gasteiger charge is 2.34. The Labute approximate surface area is 171 Å². The summed E-state index contributed by atoms with van der Waals surface area (Å²) in [6.07, 6.45) is -0.683. The number of carbonyl (C=O) groups excluding carboxylic acids is 2. The van der Waals surface area contributed by atoms with Gasteiger partial charge in [0.2, 0.25) is 0 Å². The Balaban J connectivity index is 3.02. The average Bonchev–Trinajstić information content (AvgIpc) is 2.60. The van der Waals surface area contributed by atoms with E-state index in [2.05, 4.69) is 10.2 Å². The molecule has 9 nitrogen and oxygen atoms in total. The van der Waals surface area contributed by atoms with Gasteiger partial charge < -0.3 is 19.1 Å². The zero-order valence-electron chi connectivity index (χ0n) is 17.7. The van der Waals surface area contributed by atoms with Gasteiger partial charge in [0.25, 0.3) is 0 Å². The minimum Gasteiger partial charge on any atom is -0.462 e. The number of esters is 2. The molecule has 2 unspecified atom stereocenters. The molecule has 0 amide bonds. The van der Waals surface area contributed by atoms with Crippen molar-refractivity contribution in [1.29, 1.82) is 0 Å². The van der Waals surface area contributed by atoms with E-state index in [1.54, 1.807) is 39.8 Å². The lowest BCUT2D eigenvalue weighted by molar-refractivity contribution is -0.149. The number of rotatable bonds is 11. The van der Waals surface area contributed by atoms with Crippen molar-refractivity contribution in [2.24, 2.45) is 0 Å². The number of ether oxygens (including phenoxy) is 2. The fourth-order valence-corrected chi connectivity index (χ4v) is 4.01. The number of aliphatic hydroxyl groups is 1. The van der Waals surface area contributed by atoms with Crippen molar-refractivity contribution in [2.75, 3.05) is 0 Å². The van der Waals surface area contributed by atoms with Crippen LogP contribution in [0.3, 0.4) is 0 Å². The number of nitrogens with one attached hydrogen (secondary N) is 2. The molecule has 10 heteroatoms. The monoisotopic (exact) mass is 430 g/mol. The summed E-state index contributed by atoms with van der Waals surface area (Å²) in [5.41, 5.74) is 0.649. The molecular formula is C19H31N2O7P. The molecule has 0 radical (unpaired) electrons. The van der Waals surface area contributed by atoms with Crippen LogP contribution in [0.25, 0.3) is 0 Å². The first-order valence-corrected chi connectivity index (χ1v) is 11.0. The molecule has 1 aromatic carbocycles. The number of benzene rings is 1. The average molecular weight is 430 g/mol. The van der Waals surface area contributed by atoms with Gasteiger partial charge in [0.1, 0.15) is 17.8 Å². The Morgan fingerprint density at radius 3 is 1.66 bits per heavy atom. The van der Waals surface area contributed by atoms with Crippen LogP contribution in [0.15, 0.2) is 24.3 Å². The van der Waals surface area contributed by atoms with Gasteiger partial charge in [0, 0.05) is 0 Å². The Morgan fingerprint density at radius 2 is 1.31 bits per heavy atom. The largest absolute Gasteiger partial charge is 0.462 e. The van der Waals surface area contributed by atoms with E-state index >= 15 is 0 Å². The number of hydrogen-bond acceptors (Lipinski definition) is 7. The smallest absolute Gasteiger partial charge is 0.391 e. The standard InChI is InChI=1S/C19H31N2O7P/c1-12(2)26-18(23)14(5)20-29(25,21-15(6)19(24)27-13(3)4)28-17-9-7-16(11-22)8-10-17/h7-10,12-15,22H,11H2,1-6H3,(H2,20,21,25). The fourth-order valence-electron chi connectivity index (χ4n) is 2.18. The summed E-state index contributed by atoms with van der Waals surface area (Å²) >= 11 is 0. The van der Waals surface area contributed by atoms with E-state index in [0.29, 0.717) is 5.56 Å². The molecule has 0 fully saturated rings. The van der Waals surface area contributed by atoms with Crippen LogP contribution in [0.5, 0.6) is 5.75 Å². The minimum atomic E-state index is -3.94. The molecular weight excluding hydrogens is 399 g/mol. The molecule has 2 atom stereocenters. The van der Waals surface area contributed by atoms with Gasteiger partial charge in [-0.05, 0) is 59.2 Å².